The van der Waals surface area contributed by atoms with Crippen molar-refractivity contribution in [3.05, 3.63) is 66.3 Å². The van der Waals surface area contributed by atoms with E-state index in [1.807, 2.05) is 38.2 Å². The Kier molecular flexibility index (Phi) is 12.1. The zero-order valence-corrected chi connectivity index (χ0v) is 17.4. The Balaban J connectivity index is 0.00000143. The van der Waals surface area contributed by atoms with E-state index >= 15 is 0 Å². The molecule has 158 valence electrons. The zero-order chi connectivity index (χ0) is 22.4. The van der Waals surface area contributed by atoms with Crippen LogP contribution in [-0.4, -0.2) is 31.2 Å². The summed E-state index contributed by atoms with van der Waals surface area (Å²) in [4.78, 5) is 4.60. The van der Waals surface area contributed by atoms with Gasteiger partial charge >= 0.3 is 0 Å². The van der Waals surface area contributed by atoms with Gasteiger partial charge < -0.3 is 4.57 Å². The highest BCUT2D eigenvalue weighted by Gasteiger charge is 2.15. The number of hydrogen-bond acceptors (Lipinski definition) is 3. The SMILES string of the molecule is C#C.C/C=C\C=C/C(C)c1nc(CF)cn1-c1ccc(S(C)(=O)=O)cc1.FCF. The van der Waals surface area contributed by atoms with Gasteiger partial charge in [0, 0.05) is 24.1 Å². The van der Waals surface area contributed by atoms with Crippen molar-refractivity contribution in [3.8, 4) is 18.5 Å². The van der Waals surface area contributed by atoms with Gasteiger partial charge in [0.05, 0.1) is 10.6 Å². The Labute approximate surface area is 170 Å². The molecular weight excluding hydrogens is 401 g/mol. The van der Waals surface area contributed by atoms with Crippen LogP contribution >= 0.6 is 0 Å². The van der Waals surface area contributed by atoms with Crippen molar-refractivity contribution in [3.63, 3.8) is 0 Å². The van der Waals surface area contributed by atoms with Crippen LogP contribution in [0.4, 0.5) is 13.2 Å². The Bertz CT molecular complexity index is 915. The second kappa shape index (κ2) is 13.4. The standard InChI is InChI=1S/C18H21FN2O2S.C2H2.CH2F2/c1-4-5-6-7-14(2)18-20-15(12-19)13-21(18)16-8-10-17(11-9-16)24(3,22)23;1-2;2-1-3/h4-11,13-14H,12H2,1-3H3;1-2H;1H2/b5-4-,7-6-;;. The molecule has 1 heterocycles. The first-order valence-electron chi connectivity index (χ1n) is 8.47. The molecule has 0 radical (unpaired) electrons. The highest BCUT2D eigenvalue weighted by atomic mass is 32.2. The topological polar surface area (TPSA) is 52.0 Å². The number of rotatable bonds is 6. The summed E-state index contributed by atoms with van der Waals surface area (Å²) < 4.78 is 57.2. The van der Waals surface area contributed by atoms with Crippen LogP contribution in [0.25, 0.3) is 5.69 Å². The minimum absolute atomic E-state index is 0.0175. The van der Waals surface area contributed by atoms with E-state index in [0.717, 1.165) is 5.69 Å². The van der Waals surface area contributed by atoms with Gasteiger partial charge in [0.15, 0.2) is 9.84 Å². The normalized spacial score (nSPS) is 12.1. The first kappa shape index (κ1) is 26.2. The molecule has 0 fully saturated rings. The highest BCUT2D eigenvalue weighted by molar-refractivity contribution is 7.90. The minimum Gasteiger partial charge on any atom is -0.303 e. The van der Waals surface area contributed by atoms with Crippen LogP contribution in [0.5, 0.6) is 0 Å². The molecular formula is C21H25F3N2O2S. The van der Waals surface area contributed by atoms with Crippen LogP contribution in [0, 0.1) is 12.8 Å². The number of sulfone groups is 1. The van der Waals surface area contributed by atoms with Crippen LogP contribution in [0.2, 0.25) is 0 Å². The van der Waals surface area contributed by atoms with Crippen molar-refractivity contribution in [1.29, 1.82) is 0 Å². The summed E-state index contributed by atoms with van der Waals surface area (Å²) in [6.07, 6.45) is 18.6. The number of allylic oxidation sites excluding steroid dienone is 4. The second-order valence-corrected chi connectivity index (χ2v) is 7.68. The summed E-state index contributed by atoms with van der Waals surface area (Å²) in [5.74, 6) is 0.687. The first-order chi connectivity index (χ1) is 13.8. The van der Waals surface area contributed by atoms with Crippen molar-refractivity contribution in [2.24, 2.45) is 0 Å². The maximum atomic E-state index is 13.0. The molecule has 1 aromatic carbocycles. The first-order valence-corrected chi connectivity index (χ1v) is 10.4. The van der Waals surface area contributed by atoms with Crippen LogP contribution in [0.1, 0.15) is 31.3 Å². The summed E-state index contributed by atoms with van der Waals surface area (Å²) in [5, 5.41) is 0. The molecule has 0 spiro atoms. The number of halogens is 3. The summed E-state index contributed by atoms with van der Waals surface area (Å²) in [6, 6.07) is 6.49. The molecule has 29 heavy (non-hydrogen) atoms. The summed E-state index contributed by atoms with van der Waals surface area (Å²) in [6.45, 7) is 1.51. The Morgan fingerprint density at radius 1 is 1.14 bits per heavy atom. The summed E-state index contributed by atoms with van der Waals surface area (Å²) in [5.41, 5.74) is 1.10. The number of imidazole rings is 1. The van der Waals surface area contributed by atoms with E-state index in [-0.39, 0.29) is 10.8 Å². The number of nitrogens with zero attached hydrogens (tertiary/aromatic N) is 2. The van der Waals surface area contributed by atoms with Crippen LogP contribution in [0.3, 0.4) is 0 Å². The molecule has 0 aliphatic heterocycles. The fourth-order valence-corrected chi connectivity index (χ4v) is 2.95. The molecule has 1 atom stereocenters. The smallest absolute Gasteiger partial charge is 0.229 e. The second-order valence-electron chi connectivity index (χ2n) is 5.66. The van der Waals surface area contributed by atoms with E-state index in [0.29, 0.717) is 11.5 Å². The molecule has 0 bridgehead atoms. The number of benzene rings is 1. The van der Waals surface area contributed by atoms with Gasteiger partial charge in [0.1, 0.15) is 12.5 Å². The highest BCUT2D eigenvalue weighted by Crippen LogP contribution is 2.23. The third-order valence-electron chi connectivity index (χ3n) is 3.57. The lowest BCUT2D eigenvalue weighted by molar-refractivity contribution is 0.295. The molecule has 1 aromatic heterocycles. The maximum absolute atomic E-state index is 13.0. The van der Waals surface area contributed by atoms with Crippen molar-refractivity contribution in [2.75, 3.05) is 13.2 Å². The lowest BCUT2D eigenvalue weighted by atomic mass is 10.1. The lowest BCUT2D eigenvalue weighted by Gasteiger charge is -2.11. The van der Waals surface area contributed by atoms with Gasteiger partial charge in [-0.1, -0.05) is 31.2 Å². The fourth-order valence-electron chi connectivity index (χ4n) is 2.32. The summed E-state index contributed by atoms with van der Waals surface area (Å²) in [7, 11) is -3.25. The van der Waals surface area contributed by atoms with E-state index in [1.165, 1.54) is 6.26 Å². The number of aromatic nitrogens is 2. The Morgan fingerprint density at radius 3 is 2.14 bits per heavy atom. The van der Waals surface area contributed by atoms with E-state index in [4.69, 9.17) is 0 Å². The monoisotopic (exact) mass is 426 g/mol. The Morgan fingerprint density at radius 2 is 1.69 bits per heavy atom. The molecule has 0 saturated heterocycles. The minimum atomic E-state index is -3.25. The van der Waals surface area contributed by atoms with Gasteiger partial charge in [-0.15, -0.1) is 12.8 Å². The molecule has 0 saturated carbocycles. The fraction of sp³-hybridized carbons (Fsp3) is 0.286. The largest absolute Gasteiger partial charge is 0.303 e. The molecule has 2 aromatic rings. The van der Waals surface area contributed by atoms with Crippen LogP contribution in [0.15, 0.2) is 59.7 Å². The molecule has 2 rings (SSSR count). The molecule has 0 N–H and O–H groups in total. The van der Waals surface area contributed by atoms with Gasteiger partial charge in [-0.25, -0.2) is 26.6 Å². The van der Waals surface area contributed by atoms with E-state index in [2.05, 4.69) is 17.8 Å². The van der Waals surface area contributed by atoms with E-state index in [1.54, 1.807) is 35.0 Å². The molecule has 0 aliphatic rings. The molecule has 0 amide bonds. The van der Waals surface area contributed by atoms with E-state index in [9.17, 15) is 21.6 Å². The number of terminal acetylenes is 1. The lowest BCUT2D eigenvalue weighted by Crippen LogP contribution is -2.04. The third-order valence-corrected chi connectivity index (χ3v) is 4.70. The van der Waals surface area contributed by atoms with E-state index < -0.39 is 23.4 Å². The molecule has 0 aliphatic carbocycles. The summed E-state index contributed by atoms with van der Waals surface area (Å²) >= 11 is 0. The van der Waals surface area contributed by atoms with Gasteiger partial charge in [-0.3, -0.25) is 0 Å². The zero-order valence-electron chi connectivity index (χ0n) is 16.6. The predicted octanol–water partition coefficient (Wildman–Crippen LogP) is 5.11. The van der Waals surface area contributed by atoms with Crippen molar-refractivity contribution in [2.45, 2.75) is 31.3 Å². The van der Waals surface area contributed by atoms with Gasteiger partial charge in [-0.05, 0) is 31.2 Å². The van der Waals surface area contributed by atoms with Crippen LogP contribution < -0.4 is 0 Å². The van der Waals surface area contributed by atoms with Crippen LogP contribution in [-0.2, 0) is 16.5 Å². The average Bonchev–Trinajstić information content (AvgIpc) is 3.14. The third kappa shape index (κ3) is 8.40. The van der Waals surface area contributed by atoms with Crippen molar-refractivity contribution >= 4 is 9.84 Å². The molecule has 1 unspecified atom stereocenters. The predicted molar refractivity (Wildman–Crippen MR) is 111 cm³/mol. The molecule has 8 heteroatoms. The van der Waals surface area contributed by atoms with Gasteiger partial charge in [0.25, 0.3) is 0 Å². The molecule has 4 nitrogen and oxygen atoms in total. The Hall–Kier alpha value is -2.79. The quantitative estimate of drug-likeness (QED) is 0.476. The number of hydrogen-bond donors (Lipinski definition) is 0. The average molecular weight is 427 g/mol. The number of alkyl halides is 3. The van der Waals surface area contributed by atoms with Crippen molar-refractivity contribution in [1.82, 2.24) is 9.55 Å². The van der Waals surface area contributed by atoms with Gasteiger partial charge in [-0.2, -0.15) is 0 Å². The maximum Gasteiger partial charge on any atom is 0.229 e. The van der Waals surface area contributed by atoms with Gasteiger partial charge in [0.2, 0.25) is 6.93 Å². The van der Waals surface area contributed by atoms with Crippen molar-refractivity contribution < 1.29 is 21.6 Å².